The van der Waals surface area contributed by atoms with E-state index in [9.17, 15) is 0 Å². The fourth-order valence-corrected chi connectivity index (χ4v) is 1.76. The molecule has 86 valence electrons. The van der Waals surface area contributed by atoms with Gasteiger partial charge in [0.1, 0.15) is 0 Å². The Morgan fingerprint density at radius 3 is 2.06 bits per heavy atom. The van der Waals surface area contributed by atoms with Crippen LogP contribution >= 0.6 is 0 Å². The van der Waals surface area contributed by atoms with Crippen LogP contribution < -0.4 is 5.73 Å². The Balaban J connectivity index is 2.85. The van der Waals surface area contributed by atoms with Gasteiger partial charge in [0, 0.05) is 6.04 Å². The van der Waals surface area contributed by atoms with E-state index in [1.165, 1.54) is 5.56 Å². The molecule has 0 saturated heterocycles. The van der Waals surface area contributed by atoms with Gasteiger partial charge in [0.15, 0.2) is 0 Å². The van der Waals surface area contributed by atoms with Gasteiger partial charge in [0.25, 0.3) is 0 Å². The van der Waals surface area contributed by atoms with Gasteiger partial charge < -0.3 is 5.73 Å². The first-order valence-corrected chi connectivity index (χ1v) is 5.85. The summed E-state index contributed by atoms with van der Waals surface area (Å²) in [5.41, 5.74) is 8.42. The molecule has 0 fully saturated rings. The van der Waals surface area contributed by atoms with Crippen molar-refractivity contribution in [1.29, 1.82) is 5.26 Å². The van der Waals surface area contributed by atoms with Crippen LogP contribution in [0.2, 0.25) is 0 Å². The zero-order chi connectivity index (χ0) is 12.1. The number of nitrogens with two attached hydrogens (primary N) is 1. The molecule has 2 atom stereocenters. The van der Waals surface area contributed by atoms with Crippen molar-refractivity contribution in [2.45, 2.75) is 39.2 Å². The SMILES string of the molecule is CCC(C#N)C(N)c1ccc(C(C)C)cc1. The van der Waals surface area contributed by atoms with E-state index in [1.807, 2.05) is 19.1 Å². The summed E-state index contributed by atoms with van der Waals surface area (Å²) in [5.74, 6) is 0.438. The van der Waals surface area contributed by atoms with Crippen molar-refractivity contribution in [3.63, 3.8) is 0 Å². The van der Waals surface area contributed by atoms with E-state index in [4.69, 9.17) is 11.0 Å². The number of rotatable bonds is 4. The number of nitrogens with zero attached hydrogens (tertiary/aromatic N) is 1. The highest BCUT2D eigenvalue weighted by Gasteiger charge is 2.16. The standard InChI is InChI=1S/C14H20N2/c1-4-11(9-15)14(16)13-7-5-12(6-8-13)10(2)3/h5-8,10-11,14H,4,16H2,1-3H3. The molecule has 0 radical (unpaired) electrons. The van der Waals surface area contributed by atoms with Crippen molar-refractivity contribution in [1.82, 2.24) is 0 Å². The lowest BCUT2D eigenvalue weighted by molar-refractivity contribution is 0.517. The highest BCUT2D eigenvalue weighted by Crippen LogP contribution is 2.23. The molecular formula is C14H20N2. The Bertz CT molecular complexity index is 359. The monoisotopic (exact) mass is 216 g/mol. The Hall–Kier alpha value is -1.33. The molecule has 2 nitrogen and oxygen atoms in total. The third-order valence-corrected chi connectivity index (χ3v) is 3.03. The molecule has 0 aromatic heterocycles. The van der Waals surface area contributed by atoms with E-state index >= 15 is 0 Å². The van der Waals surface area contributed by atoms with Crippen LogP contribution in [0.15, 0.2) is 24.3 Å². The first-order valence-electron chi connectivity index (χ1n) is 5.85. The zero-order valence-electron chi connectivity index (χ0n) is 10.3. The number of hydrogen-bond acceptors (Lipinski definition) is 2. The predicted octanol–water partition coefficient (Wildman–Crippen LogP) is 3.36. The molecule has 0 heterocycles. The summed E-state index contributed by atoms with van der Waals surface area (Å²) in [7, 11) is 0. The maximum atomic E-state index is 8.97. The normalized spacial score (nSPS) is 14.5. The average Bonchev–Trinajstić information content (AvgIpc) is 2.30. The van der Waals surface area contributed by atoms with Crippen molar-refractivity contribution in [3.05, 3.63) is 35.4 Å². The first-order chi connectivity index (χ1) is 7.60. The Morgan fingerprint density at radius 1 is 1.19 bits per heavy atom. The molecule has 1 rings (SSSR count). The Kier molecular flexibility index (Phi) is 4.52. The van der Waals surface area contributed by atoms with Crippen LogP contribution in [0, 0.1) is 17.2 Å². The second kappa shape index (κ2) is 5.67. The molecule has 1 aromatic rings. The van der Waals surface area contributed by atoms with Crippen molar-refractivity contribution >= 4 is 0 Å². The topological polar surface area (TPSA) is 49.8 Å². The molecule has 0 aliphatic heterocycles. The maximum absolute atomic E-state index is 8.97. The zero-order valence-corrected chi connectivity index (χ0v) is 10.3. The molecular weight excluding hydrogens is 196 g/mol. The van der Waals surface area contributed by atoms with Crippen molar-refractivity contribution in [3.8, 4) is 6.07 Å². The molecule has 2 heteroatoms. The predicted molar refractivity (Wildman–Crippen MR) is 66.9 cm³/mol. The van der Waals surface area contributed by atoms with Crippen molar-refractivity contribution in [2.24, 2.45) is 11.7 Å². The van der Waals surface area contributed by atoms with Crippen LogP contribution in [0.5, 0.6) is 0 Å². The van der Waals surface area contributed by atoms with Gasteiger partial charge in [-0.05, 0) is 23.5 Å². The van der Waals surface area contributed by atoms with Gasteiger partial charge in [-0.2, -0.15) is 5.26 Å². The molecule has 2 unspecified atom stereocenters. The van der Waals surface area contributed by atoms with Gasteiger partial charge in [-0.25, -0.2) is 0 Å². The Labute approximate surface area is 98.1 Å². The van der Waals surface area contributed by atoms with Crippen molar-refractivity contribution < 1.29 is 0 Å². The summed E-state index contributed by atoms with van der Waals surface area (Å²) >= 11 is 0. The lowest BCUT2D eigenvalue weighted by Gasteiger charge is -2.17. The van der Waals surface area contributed by atoms with Crippen LogP contribution in [0.4, 0.5) is 0 Å². The van der Waals surface area contributed by atoms with Gasteiger partial charge in [-0.1, -0.05) is 45.0 Å². The summed E-state index contributed by atoms with van der Waals surface area (Å²) in [6.45, 7) is 6.33. The minimum absolute atomic E-state index is 0.0927. The Morgan fingerprint density at radius 2 is 1.69 bits per heavy atom. The van der Waals surface area contributed by atoms with Gasteiger partial charge >= 0.3 is 0 Å². The molecule has 0 aliphatic carbocycles. The van der Waals surface area contributed by atoms with E-state index in [0.29, 0.717) is 5.92 Å². The highest BCUT2D eigenvalue weighted by atomic mass is 14.6. The van der Waals surface area contributed by atoms with Crippen LogP contribution in [0.25, 0.3) is 0 Å². The molecule has 0 spiro atoms. The smallest absolute Gasteiger partial charge is 0.0675 e. The van der Waals surface area contributed by atoms with E-state index in [-0.39, 0.29) is 12.0 Å². The summed E-state index contributed by atoms with van der Waals surface area (Å²) in [6.07, 6.45) is 0.795. The highest BCUT2D eigenvalue weighted by molar-refractivity contribution is 5.27. The lowest BCUT2D eigenvalue weighted by Crippen LogP contribution is -2.19. The molecule has 0 saturated carbocycles. The maximum Gasteiger partial charge on any atom is 0.0675 e. The summed E-state index contributed by atoms with van der Waals surface area (Å²) in [5, 5.41) is 8.97. The van der Waals surface area contributed by atoms with E-state index in [0.717, 1.165) is 12.0 Å². The number of benzene rings is 1. The number of hydrogen-bond donors (Lipinski definition) is 1. The third kappa shape index (κ3) is 2.84. The molecule has 0 bridgehead atoms. The summed E-state index contributed by atoms with van der Waals surface area (Å²) in [6, 6.07) is 10.4. The van der Waals surface area contributed by atoms with E-state index in [1.54, 1.807) is 0 Å². The fraction of sp³-hybridized carbons (Fsp3) is 0.500. The quantitative estimate of drug-likeness (QED) is 0.839. The fourth-order valence-electron chi connectivity index (χ4n) is 1.76. The summed E-state index contributed by atoms with van der Waals surface area (Å²) < 4.78 is 0. The minimum Gasteiger partial charge on any atom is -0.323 e. The van der Waals surface area contributed by atoms with Crippen LogP contribution in [0.1, 0.15) is 50.3 Å². The second-order valence-electron chi connectivity index (χ2n) is 4.49. The van der Waals surface area contributed by atoms with Gasteiger partial charge in [-0.15, -0.1) is 0 Å². The summed E-state index contributed by atoms with van der Waals surface area (Å²) in [4.78, 5) is 0. The van der Waals surface area contributed by atoms with Crippen LogP contribution in [-0.4, -0.2) is 0 Å². The van der Waals surface area contributed by atoms with Gasteiger partial charge in [0.05, 0.1) is 12.0 Å². The van der Waals surface area contributed by atoms with Gasteiger partial charge in [-0.3, -0.25) is 0 Å². The number of nitriles is 1. The van der Waals surface area contributed by atoms with Gasteiger partial charge in [0.2, 0.25) is 0 Å². The first kappa shape index (κ1) is 12.7. The molecule has 0 amide bonds. The largest absolute Gasteiger partial charge is 0.323 e. The van der Waals surface area contributed by atoms with Crippen LogP contribution in [-0.2, 0) is 0 Å². The minimum atomic E-state index is -0.170. The van der Waals surface area contributed by atoms with Crippen LogP contribution in [0.3, 0.4) is 0 Å². The molecule has 2 N–H and O–H groups in total. The second-order valence-corrected chi connectivity index (χ2v) is 4.49. The molecule has 1 aromatic carbocycles. The lowest BCUT2D eigenvalue weighted by atomic mass is 9.91. The average molecular weight is 216 g/mol. The van der Waals surface area contributed by atoms with E-state index < -0.39 is 0 Å². The van der Waals surface area contributed by atoms with E-state index in [2.05, 4.69) is 32.0 Å². The van der Waals surface area contributed by atoms with Crippen molar-refractivity contribution in [2.75, 3.05) is 0 Å². The molecule has 16 heavy (non-hydrogen) atoms. The third-order valence-electron chi connectivity index (χ3n) is 3.03. The molecule has 0 aliphatic rings.